The van der Waals surface area contributed by atoms with Gasteiger partial charge in [-0.2, -0.15) is 10.1 Å². The third-order valence-electron chi connectivity index (χ3n) is 4.68. The average Bonchev–Trinajstić information content (AvgIpc) is 2.74. The number of fused-ring (bicyclic) bond motifs is 1. The molecule has 0 atom stereocenters. The summed E-state index contributed by atoms with van der Waals surface area (Å²) in [7, 11) is 0. The van der Waals surface area contributed by atoms with Crippen LogP contribution in [0, 0.1) is 11.3 Å². The first-order valence-electron chi connectivity index (χ1n) is 9.01. The Morgan fingerprint density at radius 3 is 2.52 bits per heavy atom. The summed E-state index contributed by atoms with van der Waals surface area (Å²) >= 11 is 0. The predicted molar refractivity (Wildman–Crippen MR) is 105 cm³/mol. The third kappa shape index (κ3) is 3.92. The smallest absolute Gasteiger partial charge is 0.165 e. The summed E-state index contributed by atoms with van der Waals surface area (Å²) in [6.45, 7) is 0.411. The summed E-state index contributed by atoms with van der Waals surface area (Å²) in [5.74, 6) is 0.714. The monoisotopic (exact) mass is 353 g/mol. The normalized spacial score (nSPS) is 12.6. The molecule has 3 nitrogen and oxygen atoms in total. The van der Waals surface area contributed by atoms with Crippen LogP contribution in [0.3, 0.4) is 0 Å². The highest BCUT2D eigenvalue weighted by Gasteiger charge is 2.15. The number of nitriles is 1. The lowest BCUT2D eigenvalue weighted by molar-refractivity contribution is -0.217. The first kappa shape index (κ1) is 17.1. The van der Waals surface area contributed by atoms with Gasteiger partial charge in [0.1, 0.15) is 6.61 Å². The van der Waals surface area contributed by atoms with Crippen molar-refractivity contribution in [2.75, 3.05) is 0 Å². The van der Waals surface area contributed by atoms with E-state index in [0.29, 0.717) is 17.9 Å². The predicted octanol–water partition coefficient (Wildman–Crippen LogP) is 5.45. The fourth-order valence-corrected chi connectivity index (χ4v) is 3.31. The Bertz CT molecular complexity index is 999. The molecule has 4 rings (SSSR count). The molecule has 0 spiro atoms. The van der Waals surface area contributed by atoms with Gasteiger partial charge in [-0.25, -0.2) is 0 Å². The van der Waals surface area contributed by atoms with Crippen LogP contribution in [0.25, 0.3) is 5.57 Å². The molecule has 3 heteroatoms. The number of rotatable bonds is 5. The minimum atomic E-state index is 0.411. The second kappa shape index (κ2) is 7.90. The number of benzene rings is 3. The number of hydrogen-bond donors (Lipinski definition) is 0. The van der Waals surface area contributed by atoms with Gasteiger partial charge in [0.2, 0.25) is 0 Å². The van der Waals surface area contributed by atoms with E-state index in [4.69, 9.17) is 15.0 Å². The SMILES string of the molecule is N#Cc1ccc(C2=CCCc3cc(OOCc4ccccc4)ccc32)cc1. The maximum absolute atomic E-state index is 8.98. The van der Waals surface area contributed by atoms with Crippen LogP contribution in [-0.2, 0) is 17.9 Å². The van der Waals surface area contributed by atoms with Gasteiger partial charge < -0.3 is 4.89 Å². The zero-order valence-electron chi connectivity index (χ0n) is 14.9. The molecule has 0 fully saturated rings. The Hall–Kier alpha value is -3.35. The van der Waals surface area contributed by atoms with E-state index in [2.05, 4.69) is 24.3 Å². The lowest BCUT2D eigenvalue weighted by atomic mass is 9.86. The average molecular weight is 353 g/mol. The summed E-state index contributed by atoms with van der Waals surface area (Å²) in [5.41, 5.74) is 6.54. The van der Waals surface area contributed by atoms with E-state index < -0.39 is 0 Å². The fraction of sp³-hybridized carbons (Fsp3) is 0.125. The van der Waals surface area contributed by atoms with Gasteiger partial charge in [0.25, 0.3) is 0 Å². The second-order valence-corrected chi connectivity index (χ2v) is 6.50. The van der Waals surface area contributed by atoms with E-state index in [0.717, 1.165) is 24.0 Å². The third-order valence-corrected chi connectivity index (χ3v) is 4.68. The molecule has 1 aliphatic carbocycles. The Balaban J connectivity index is 1.48. The number of nitrogens with zero attached hydrogens (tertiary/aromatic N) is 1. The van der Waals surface area contributed by atoms with Gasteiger partial charge in [-0.15, -0.1) is 0 Å². The maximum Gasteiger partial charge on any atom is 0.165 e. The highest BCUT2D eigenvalue weighted by Crippen LogP contribution is 2.34. The minimum Gasteiger partial charge on any atom is -0.337 e. The van der Waals surface area contributed by atoms with Crippen LogP contribution in [0.1, 0.15) is 34.2 Å². The molecule has 1 aliphatic rings. The van der Waals surface area contributed by atoms with Crippen molar-refractivity contribution in [1.82, 2.24) is 0 Å². The molecule has 3 aromatic carbocycles. The van der Waals surface area contributed by atoms with Gasteiger partial charge >= 0.3 is 0 Å². The number of allylic oxidation sites excluding steroid dienone is 1. The van der Waals surface area contributed by atoms with Crippen molar-refractivity contribution in [2.24, 2.45) is 0 Å². The lowest BCUT2D eigenvalue weighted by Gasteiger charge is -2.19. The van der Waals surface area contributed by atoms with E-state index >= 15 is 0 Å². The maximum atomic E-state index is 8.98. The summed E-state index contributed by atoms with van der Waals surface area (Å²) < 4.78 is 0. The van der Waals surface area contributed by atoms with Gasteiger partial charge in [0.05, 0.1) is 11.6 Å². The highest BCUT2D eigenvalue weighted by molar-refractivity contribution is 5.83. The molecule has 0 N–H and O–H groups in total. The molecule has 0 aliphatic heterocycles. The van der Waals surface area contributed by atoms with Crippen LogP contribution in [0.2, 0.25) is 0 Å². The van der Waals surface area contributed by atoms with Crippen molar-refractivity contribution < 1.29 is 9.78 Å². The van der Waals surface area contributed by atoms with Crippen LogP contribution in [0.5, 0.6) is 5.75 Å². The molecule has 3 aromatic rings. The Labute approximate surface area is 159 Å². The molecule has 0 unspecified atom stereocenters. The van der Waals surface area contributed by atoms with E-state index in [1.165, 1.54) is 16.7 Å². The van der Waals surface area contributed by atoms with Gasteiger partial charge in [-0.05, 0) is 64.9 Å². The Morgan fingerprint density at radius 1 is 0.926 bits per heavy atom. The molecule has 0 saturated carbocycles. The molecule has 0 heterocycles. The van der Waals surface area contributed by atoms with E-state index in [1.807, 2.05) is 60.7 Å². The minimum absolute atomic E-state index is 0.411. The van der Waals surface area contributed by atoms with Crippen molar-refractivity contribution in [1.29, 1.82) is 5.26 Å². The number of aryl methyl sites for hydroxylation is 1. The molecular formula is C24H19NO2. The van der Waals surface area contributed by atoms with Gasteiger partial charge in [-0.3, -0.25) is 0 Å². The summed E-state index contributed by atoms with van der Waals surface area (Å²) in [6.07, 6.45) is 4.22. The summed E-state index contributed by atoms with van der Waals surface area (Å²) in [5, 5.41) is 8.98. The molecule has 0 radical (unpaired) electrons. The van der Waals surface area contributed by atoms with Crippen molar-refractivity contribution in [3.05, 3.63) is 107 Å². The molecule has 0 amide bonds. The zero-order valence-corrected chi connectivity index (χ0v) is 14.9. The van der Waals surface area contributed by atoms with Gasteiger partial charge in [0.15, 0.2) is 5.75 Å². The fourth-order valence-electron chi connectivity index (χ4n) is 3.31. The first-order valence-corrected chi connectivity index (χ1v) is 9.01. The second-order valence-electron chi connectivity index (χ2n) is 6.50. The van der Waals surface area contributed by atoms with E-state index in [1.54, 1.807) is 0 Å². The molecule has 0 aromatic heterocycles. The van der Waals surface area contributed by atoms with Crippen molar-refractivity contribution in [3.63, 3.8) is 0 Å². The largest absolute Gasteiger partial charge is 0.337 e. The van der Waals surface area contributed by atoms with Crippen LogP contribution in [0.15, 0.2) is 78.9 Å². The quantitative estimate of drug-likeness (QED) is 0.453. The van der Waals surface area contributed by atoms with Crippen molar-refractivity contribution in [2.45, 2.75) is 19.4 Å². The zero-order chi connectivity index (χ0) is 18.5. The summed E-state index contributed by atoms with van der Waals surface area (Å²) in [6, 6.07) is 25.9. The van der Waals surface area contributed by atoms with Crippen LogP contribution < -0.4 is 4.89 Å². The number of hydrogen-bond acceptors (Lipinski definition) is 3. The Morgan fingerprint density at radius 2 is 1.74 bits per heavy atom. The van der Waals surface area contributed by atoms with E-state index in [9.17, 15) is 0 Å². The van der Waals surface area contributed by atoms with Gasteiger partial charge in [0, 0.05) is 0 Å². The van der Waals surface area contributed by atoms with Crippen molar-refractivity contribution >= 4 is 5.57 Å². The molecule has 27 heavy (non-hydrogen) atoms. The Kier molecular flexibility index (Phi) is 5.00. The summed E-state index contributed by atoms with van der Waals surface area (Å²) in [4.78, 5) is 10.9. The van der Waals surface area contributed by atoms with E-state index in [-0.39, 0.29) is 0 Å². The molecule has 132 valence electrons. The van der Waals surface area contributed by atoms with Crippen LogP contribution in [0.4, 0.5) is 0 Å². The van der Waals surface area contributed by atoms with Crippen LogP contribution >= 0.6 is 0 Å². The molecular weight excluding hydrogens is 334 g/mol. The first-order chi connectivity index (χ1) is 13.3. The van der Waals surface area contributed by atoms with Crippen molar-refractivity contribution in [3.8, 4) is 11.8 Å². The topological polar surface area (TPSA) is 42.2 Å². The van der Waals surface area contributed by atoms with Gasteiger partial charge in [-0.1, -0.05) is 54.6 Å². The van der Waals surface area contributed by atoms with Crippen LogP contribution in [-0.4, -0.2) is 0 Å². The highest BCUT2D eigenvalue weighted by atomic mass is 17.2. The lowest BCUT2D eigenvalue weighted by Crippen LogP contribution is -2.03. The molecule has 0 bridgehead atoms. The standard InChI is InChI=1S/C24H19NO2/c25-16-18-9-11-20(12-10-18)23-8-4-7-21-15-22(13-14-24(21)23)27-26-17-19-5-2-1-3-6-19/h1-3,5-6,8-15H,4,7,17H2. The molecule has 0 saturated heterocycles.